The lowest BCUT2D eigenvalue weighted by molar-refractivity contribution is 0.140. The summed E-state index contributed by atoms with van der Waals surface area (Å²) in [6.45, 7) is 4.84. The third kappa shape index (κ3) is 2.45. The maximum atomic E-state index is 12.0. The zero-order chi connectivity index (χ0) is 14.1. The van der Waals surface area contributed by atoms with E-state index in [2.05, 4.69) is 19.6 Å². The largest absolute Gasteiger partial charge is 0.383 e. The zero-order valence-corrected chi connectivity index (χ0v) is 12.5. The SMILES string of the molecule is COCCN1C(=O)N[C@H]2CN(c3nc(C)ns3)CC[C@H]21. The van der Waals surface area contributed by atoms with Crippen LogP contribution in [0.2, 0.25) is 0 Å². The Hall–Kier alpha value is -1.41. The molecule has 2 amide bonds. The fraction of sp³-hybridized carbons (Fsp3) is 0.750. The molecule has 2 atom stereocenters. The Morgan fingerprint density at radius 2 is 2.40 bits per heavy atom. The predicted octanol–water partition coefficient (Wildman–Crippen LogP) is 0.465. The Bertz CT molecular complexity index is 494. The van der Waals surface area contributed by atoms with Crippen LogP contribution >= 0.6 is 11.5 Å². The van der Waals surface area contributed by atoms with Crippen molar-refractivity contribution in [3.8, 4) is 0 Å². The molecule has 3 heterocycles. The van der Waals surface area contributed by atoms with E-state index in [9.17, 15) is 4.79 Å². The number of piperidine rings is 1. The van der Waals surface area contributed by atoms with Gasteiger partial charge in [0.15, 0.2) is 0 Å². The number of rotatable bonds is 4. The van der Waals surface area contributed by atoms with Crippen molar-refractivity contribution in [1.29, 1.82) is 0 Å². The molecule has 3 rings (SSSR count). The van der Waals surface area contributed by atoms with Crippen molar-refractivity contribution in [3.05, 3.63) is 5.82 Å². The number of carbonyl (C=O) groups excluding carboxylic acids is 1. The molecule has 2 fully saturated rings. The highest BCUT2D eigenvalue weighted by molar-refractivity contribution is 7.09. The molecule has 0 aliphatic carbocycles. The average molecular weight is 297 g/mol. The van der Waals surface area contributed by atoms with Crippen LogP contribution in [0, 0.1) is 6.92 Å². The Kier molecular flexibility index (Phi) is 3.75. The van der Waals surface area contributed by atoms with Crippen LogP contribution in [-0.4, -0.2) is 65.7 Å². The summed E-state index contributed by atoms with van der Waals surface area (Å²) in [4.78, 5) is 20.5. The second-order valence-corrected chi connectivity index (χ2v) is 5.90. The molecule has 0 unspecified atom stereocenters. The van der Waals surface area contributed by atoms with Crippen LogP contribution in [0.25, 0.3) is 0 Å². The van der Waals surface area contributed by atoms with Crippen LogP contribution in [0.15, 0.2) is 0 Å². The van der Waals surface area contributed by atoms with Crippen molar-refractivity contribution in [2.45, 2.75) is 25.4 Å². The highest BCUT2D eigenvalue weighted by Crippen LogP contribution is 2.27. The molecule has 2 saturated heterocycles. The normalized spacial score (nSPS) is 25.8. The first-order chi connectivity index (χ1) is 9.69. The predicted molar refractivity (Wildman–Crippen MR) is 76.2 cm³/mol. The van der Waals surface area contributed by atoms with Gasteiger partial charge in [0, 0.05) is 38.3 Å². The first-order valence-corrected chi connectivity index (χ1v) is 7.57. The van der Waals surface area contributed by atoms with E-state index in [-0.39, 0.29) is 18.1 Å². The molecule has 1 aromatic heterocycles. The summed E-state index contributed by atoms with van der Waals surface area (Å²) < 4.78 is 9.30. The van der Waals surface area contributed by atoms with E-state index >= 15 is 0 Å². The van der Waals surface area contributed by atoms with Crippen molar-refractivity contribution in [2.75, 3.05) is 38.3 Å². The summed E-state index contributed by atoms with van der Waals surface area (Å²) in [6.07, 6.45) is 0.950. The fourth-order valence-electron chi connectivity index (χ4n) is 2.89. The zero-order valence-electron chi connectivity index (χ0n) is 11.7. The summed E-state index contributed by atoms with van der Waals surface area (Å²) >= 11 is 1.42. The van der Waals surface area contributed by atoms with E-state index in [4.69, 9.17) is 4.74 Å². The molecule has 2 aliphatic heterocycles. The van der Waals surface area contributed by atoms with Crippen LogP contribution in [0.1, 0.15) is 12.2 Å². The van der Waals surface area contributed by atoms with E-state index in [1.807, 2.05) is 11.8 Å². The molecule has 2 aliphatic rings. The van der Waals surface area contributed by atoms with Gasteiger partial charge in [-0.1, -0.05) is 0 Å². The topological polar surface area (TPSA) is 70.6 Å². The molecule has 1 N–H and O–H groups in total. The van der Waals surface area contributed by atoms with Gasteiger partial charge in [0.05, 0.1) is 18.7 Å². The molecule has 1 aromatic rings. The quantitative estimate of drug-likeness (QED) is 0.874. The first kappa shape index (κ1) is 13.6. The summed E-state index contributed by atoms with van der Waals surface area (Å²) in [5.74, 6) is 0.810. The number of nitrogens with zero attached hydrogens (tertiary/aromatic N) is 4. The van der Waals surface area contributed by atoms with Gasteiger partial charge < -0.3 is 19.9 Å². The first-order valence-electron chi connectivity index (χ1n) is 6.80. The highest BCUT2D eigenvalue weighted by atomic mass is 32.1. The second-order valence-electron chi connectivity index (χ2n) is 5.17. The molecular formula is C12H19N5O2S. The number of urea groups is 1. The van der Waals surface area contributed by atoms with Gasteiger partial charge in [0.25, 0.3) is 0 Å². The second kappa shape index (κ2) is 5.53. The molecule has 7 nitrogen and oxygen atoms in total. The van der Waals surface area contributed by atoms with E-state index < -0.39 is 0 Å². The Morgan fingerprint density at radius 1 is 1.55 bits per heavy atom. The molecule has 8 heteroatoms. The number of fused-ring (bicyclic) bond motifs is 1. The van der Waals surface area contributed by atoms with Crippen LogP contribution in [0.4, 0.5) is 9.93 Å². The molecule has 0 spiro atoms. The van der Waals surface area contributed by atoms with Crippen molar-refractivity contribution in [3.63, 3.8) is 0 Å². The number of anilines is 1. The number of nitrogens with one attached hydrogen (secondary N) is 1. The average Bonchev–Trinajstić information content (AvgIpc) is 2.99. The molecular weight excluding hydrogens is 278 g/mol. The lowest BCUT2D eigenvalue weighted by atomic mass is 10.0. The van der Waals surface area contributed by atoms with Crippen molar-refractivity contribution >= 4 is 22.7 Å². The monoisotopic (exact) mass is 297 g/mol. The van der Waals surface area contributed by atoms with Crippen LogP contribution < -0.4 is 10.2 Å². The number of aromatic nitrogens is 2. The van der Waals surface area contributed by atoms with Gasteiger partial charge in [-0.05, 0) is 13.3 Å². The highest BCUT2D eigenvalue weighted by Gasteiger charge is 2.42. The summed E-state index contributed by atoms with van der Waals surface area (Å²) in [5.41, 5.74) is 0. The number of hydrogen-bond acceptors (Lipinski definition) is 6. The molecule has 0 bridgehead atoms. The minimum atomic E-state index is 0.0207. The Labute approximate surface area is 122 Å². The van der Waals surface area contributed by atoms with Gasteiger partial charge in [-0.25, -0.2) is 9.78 Å². The lowest BCUT2D eigenvalue weighted by Gasteiger charge is -2.36. The van der Waals surface area contributed by atoms with Gasteiger partial charge in [-0.2, -0.15) is 4.37 Å². The van der Waals surface area contributed by atoms with Gasteiger partial charge in [-0.15, -0.1) is 0 Å². The smallest absolute Gasteiger partial charge is 0.318 e. The molecule has 20 heavy (non-hydrogen) atoms. The lowest BCUT2D eigenvalue weighted by Crippen LogP contribution is -2.51. The van der Waals surface area contributed by atoms with Gasteiger partial charge in [-0.3, -0.25) is 0 Å². The van der Waals surface area contributed by atoms with E-state index in [1.54, 1.807) is 7.11 Å². The maximum absolute atomic E-state index is 12.0. The van der Waals surface area contributed by atoms with E-state index in [0.29, 0.717) is 13.2 Å². The number of amides is 2. The van der Waals surface area contributed by atoms with E-state index in [0.717, 1.165) is 30.5 Å². The molecule has 110 valence electrons. The number of hydrogen-bond donors (Lipinski definition) is 1. The van der Waals surface area contributed by atoms with Crippen LogP contribution in [-0.2, 0) is 4.74 Å². The summed E-state index contributed by atoms with van der Waals surface area (Å²) in [6, 6.07) is 0.451. The fourth-order valence-corrected chi connectivity index (χ4v) is 3.60. The van der Waals surface area contributed by atoms with Gasteiger partial charge in [0.2, 0.25) is 5.13 Å². The molecule has 0 saturated carbocycles. The maximum Gasteiger partial charge on any atom is 0.318 e. The standard InChI is InChI=1S/C12H19N5O2S/c1-8-13-12(20-15-8)16-4-3-10-9(7-16)14-11(18)17(10)5-6-19-2/h9-10H,3-7H2,1-2H3,(H,14,18)/t9-,10+/m0/s1. The third-order valence-electron chi connectivity index (χ3n) is 3.87. The number of ether oxygens (including phenoxy) is 1. The minimum absolute atomic E-state index is 0.0207. The molecule has 0 aromatic carbocycles. The van der Waals surface area contributed by atoms with Crippen molar-refractivity contribution < 1.29 is 9.53 Å². The van der Waals surface area contributed by atoms with Crippen molar-refractivity contribution in [2.24, 2.45) is 0 Å². The van der Waals surface area contributed by atoms with Gasteiger partial charge in [0.1, 0.15) is 5.82 Å². The van der Waals surface area contributed by atoms with Crippen LogP contribution in [0.5, 0.6) is 0 Å². The number of methoxy groups -OCH3 is 1. The van der Waals surface area contributed by atoms with Gasteiger partial charge >= 0.3 is 6.03 Å². The van der Waals surface area contributed by atoms with Crippen molar-refractivity contribution in [1.82, 2.24) is 19.6 Å². The van der Waals surface area contributed by atoms with Crippen LogP contribution in [0.3, 0.4) is 0 Å². The number of aryl methyl sites for hydroxylation is 1. The Morgan fingerprint density at radius 3 is 3.10 bits per heavy atom. The minimum Gasteiger partial charge on any atom is -0.383 e. The van der Waals surface area contributed by atoms with E-state index in [1.165, 1.54) is 11.5 Å². The summed E-state index contributed by atoms with van der Waals surface area (Å²) in [5, 5.41) is 4.02. The Balaban J connectivity index is 1.66. The third-order valence-corrected chi connectivity index (χ3v) is 4.74. The number of carbonyl (C=O) groups is 1. The summed E-state index contributed by atoms with van der Waals surface area (Å²) in [7, 11) is 1.66. The molecule has 0 radical (unpaired) electrons.